The average Bonchev–Trinajstić information content (AvgIpc) is 3.64. The first-order valence-corrected chi connectivity index (χ1v) is 21.1. The minimum atomic E-state index is -5.57. The smallest absolute Gasteiger partial charge is 0.396 e. The molecule has 1 saturated heterocycles. The van der Waals surface area contributed by atoms with Gasteiger partial charge in [0.05, 0.1) is 26.1 Å². The number of nitrogens with two attached hydrogens (primary N) is 1. The molecule has 1 aliphatic rings. The molecule has 2 aromatic rings. The molecule has 3 rings (SSSR count). The number of hydrogen-bond donors (Lipinski definition) is 10. The van der Waals surface area contributed by atoms with Gasteiger partial charge in [-0.3, -0.25) is 32.5 Å². The Labute approximate surface area is 310 Å². The van der Waals surface area contributed by atoms with Crippen molar-refractivity contribution in [2.75, 3.05) is 44.4 Å². The van der Waals surface area contributed by atoms with E-state index in [4.69, 9.17) is 24.6 Å². The van der Waals surface area contributed by atoms with Crippen LogP contribution in [0.1, 0.15) is 33.4 Å². The number of phosphoric ester groups is 3. The van der Waals surface area contributed by atoms with Crippen LogP contribution in [0.2, 0.25) is 0 Å². The maximum absolute atomic E-state index is 12.6. The van der Waals surface area contributed by atoms with Gasteiger partial charge in [0.15, 0.2) is 22.8 Å². The van der Waals surface area contributed by atoms with Gasteiger partial charge in [-0.25, -0.2) is 28.6 Å². The molecule has 11 N–H and O–H groups in total. The summed E-state index contributed by atoms with van der Waals surface area (Å²) in [6, 6.07) is 0. The molecule has 0 saturated carbocycles. The molecule has 8 unspecified atom stereocenters. The van der Waals surface area contributed by atoms with Crippen molar-refractivity contribution in [3.8, 4) is 0 Å². The summed E-state index contributed by atoms with van der Waals surface area (Å²) in [6.45, 7) is 1.62. The van der Waals surface area contributed by atoms with E-state index in [1.165, 1.54) is 13.8 Å². The van der Waals surface area contributed by atoms with Crippen LogP contribution < -0.4 is 16.4 Å². The van der Waals surface area contributed by atoms with Crippen LogP contribution >= 0.6 is 35.2 Å². The number of anilines is 1. The molecule has 29 heteroatoms. The van der Waals surface area contributed by atoms with Gasteiger partial charge in [0, 0.05) is 36.6 Å². The van der Waals surface area contributed by atoms with Gasteiger partial charge in [-0.15, -0.1) is 0 Å². The lowest BCUT2D eigenvalue weighted by Gasteiger charge is -2.30. The zero-order valence-electron chi connectivity index (χ0n) is 28.8. The summed E-state index contributed by atoms with van der Waals surface area (Å²) in [4.78, 5) is 87.0. The number of thioether (sulfide) groups is 1. The molecular formula is C25H42N7O18P3S. The Balaban J connectivity index is 1.51. The third-order valence-corrected chi connectivity index (χ3v) is 11.6. The largest absolute Gasteiger partial charge is 0.481 e. The molecule has 2 amide bonds. The van der Waals surface area contributed by atoms with Gasteiger partial charge >= 0.3 is 23.5 Å². The number of ether oxygens (including phenoxy) is 1. The molecule has 2 aromatic heterocycles. The predicted molar refractivity (Wildman–Crippen MR) is 183 cm³/mol. The minimum absolute atomic E-state index is 0.0259. The predicted octanol–water partition coefficient (Wildman–Crippen LogP) is -1.71. The van der Waals surface area contributed by atoms with E-state index >= 15 is 0 Å². The third-order valence-electron chi connectivity index (χ3n) is 7.42. The Bertz CT molecular complexity index is 1780. The van der Waals surface area contributed by atoms with Crippen molar-refractivity contribution < 1.29 is 85.6 Å². The summed E-state index contributed by atoms with van der Waals surface area (Å²) in [5, 5.41) is 35.0. The molecule has 306 valence electrons. The second-order valence-electron chi connectivity index (χ2n) is 12.3. The summed E-state index contributed by atoms with van der Waals surface area (Å²) < 4.78 is 61.9. The zero-order valence-corrected chi connectivity index (χ0v) is 32.3. The number of hydrogen-bond acceptors (Lipinski definition) is 19. The SMILES string of the molecule is CC(CO)C(=O)SCCNC(=O)CCNC(=O)C(O)C(C)(C)COP(=O)(O)OP(=O)(O)OCC1OC(n2cnc3c(N)ncnc32)C(O)C1OP(=O)(O)O. The summed E-state index contributed by atoms with van der Waals surface area (Å²) in [6.07, 6.45) is -6.99. The highest BCUT2D eigenvalue weighted by Crippen LogP contribution is 2.61. The molecule has 0 aromatic carbocycles. The van der Waals surface area contributed by atoms with Crippen LogP contribution in [-0.2, 0) is 50.7 Å². The van der Waals surface area contributed by atoms with Crippen molar-refractivity contribution in [1.82, 2.24) is 30.2 Å². The quantitative estimate of drug-likeness (QED) is 0.0494. The van der Waals surface area contributed by atoms with Crippen molar-refractivity contribution in [3.63, 3.8) is 0 Å². The van der Waals surface area contributed by atoms with Gasteiger partial charge in [0.2, 0.25) is 11.8 Å². The lowest BCUT2D eigenvalue weighted by molar-refractivity contribution is -0.137. The molecule has 8 atom stereocenters. The fourth-order valence-corrected chi connectivity index (χ4v) is 8.09. The highest BCUT2D eigenvalue weighted by Gasteiger charge is 2.50. The Morgan fingerprint density at radius 1 is 1.07 bits per heavy atom. The lowest BCUT2D eigenvalue weighted by Crippen LogP contribution is -2.46. The van der Waals surface area contributed by atoms with Crippen molar-refractivity contribution in [3.05, 3.63) is 12.7 Å². The molecule has 0 radical (unpaired) electrons. The van der Waals surface area contributed by atoms with E-state index in [0.717, 1.165) is 29.0 Å². The zero-order chi connectivity index (χ0) is 40.6. The first kappa shape index (κ1) is 45.9. The van der Waals surface area contributed by atoms with Crippen LogP contribution in [-0.4, -0.2) is 134 Å². The number of amides is 2. The van der Waals surface area contributed by atoms with Gasteiger partial charge in [-0.2, -0.15) is 4.31 Å². The topological polar surface area (TPSA) is 384 Å². The molecule has 3 heterocycles. The summed E-state index contributed by atoms with van der Waals surface area (Å²) in [7, 11) is -16.4. The minimum Gasteiger partial charge on any atom is -0.396 e. The molecule has 0 bridgehead atoms. The average molecular weight is 854 g/mol. The summed E-state index contributed by atoms with van der Waals surface area (Å²) >= 11 is 0.943. The summed E-state index contributed by atoms with van der Waals surface area (Å²) in [5.41, 5.74) is 4.23. The van der Waals surface area contributed by atoms with E-state index in [-0.39, 0.29) is 54.0 Å². The van der Waals surface area contributed by atoms with Crippen LogP contribution in [0.5, 0.6) is 0 Å². The number of fused-ring (bicyclic) bond motifs is 1. The van der Waals surface area contributed by atoms with Crippen molar-refractivity contribution in [1.29, 1.82) is 0 Å². The van der Waals surface area contributed by atoms with E-state index in [2.05, 4.69) is 34.4 Å². The summed E-state index contributed by atoms with van der Waals surface area (Å²) in [5.74, 6) is -1.80. The van der Waals surface area contributed by atoms with Crippen LogP contribution in [0.3, 0.4) is 0 Å². The fraction of sp³-hybridized carbons (Fsp3) is 0.680. The number of imidazole rings is 1. The van der Waals surface area contributed by atoms with Crippen molar-refractivity contribution >= 4 is 69.1 Å². The normalized spacial score (nSPS) is 22.6. The van der Waals surface area contributed by atoms with E-state index in [1.54, 1.807) is 6.92 Å². The molecular weight excluding hydrogens is 811 g/mol. The van der Waals surface area contributed by atoms with Gasteiger partial charge < -0.3 is 56.0 Å². The molecule has 25 nitrogen and oxygen atoms in total. The molecule has 0 aliphatic carbocycles. The number of aliphatic hydroxyl groups is 3. The van der Waals surface area contributed by atoms with Crippen LogP contribution in [0.15, 0.2) is 12.7 Å². The number of phosphoric acid groups is 3. The highest BCUT2D eigenvalue weighted by atomic mass is 32.2. The maximum atomic E-state index is 12.6. The van der Waals surface area contributed by atoms with Crippen LogP contribution in [0.4, 0.5) is 5.82 Å². The lowest BCUT2D eigenvalue weighted by atomic mass is 9.87. The van der Waals surface area contributed by atoms with E-state index in [1.807, 2.05) is 0 Å². The Kier molecular flexibility index (Phi) is 16.2. The maximum Gasteiger partial charge on any atom is 0.481 e. The van der Waals surface area contributed by atoms with Gasteiger partial charge in [0.25, 0.3) is 0 Å². The first-order valence-electron chi connectivity index (χ1n) is 15.6. The Hall–Kier alpha value is -2.48. The van der Waals surface area contributed by atoms with Gasteiger partial charge in [0.1, 0.15) is 36.3 Å². The van der Waals surface area contributed by atoms with Crippen molar-refractivity contribution in [2.45, 2.75) is 57.8 Å². The highest BCUT2D eigenvalue weighted by molar-refractivity contribution is 8.13. The number of nitrogens with zero attached hydrogens (tertiary/aromatic N) is 4. The van der Waals surface area contributed by atoms with E-state index < -0.39 is 90.5 Å². The van der Waals surface area contributed by atoms with Gasteiger partial charge in [-0.05, 0) is 0 Å². The number of carbonyl (C=O) groups is 3. The van der Waals surface area contributed by atoms with E-state index in [9.17, 15) is 57.9 Å². The third kappa shape index (κ3) is 13.3. The number of aliphatic hydroxyl groups excluding tert-OH is 3. The number of rotatable bonds is 21. The molecule has 0 spiro atoms. The monoisotopic (exact) mass is 853 g/mol. The molecule has 54 heavy (non-hydrogen) atoms. The number of nitrogens with one attached hydrogen (secondary N) is 2. The van der Waals surface area contributed by atoms with E-state index in [0.29, 0.717) is 0 Å². The number of nitrogen functional groups attached to an aromatic ring is 1. The molecule has 1 aliphatic heterocycles. The van der Waals surface area contributed by atoms with Gasteiger partial charge in [-0.1, -0.05) is 32.5 Å². The fourth-order valence-electron chi connectivity index (χ4n) is 4.50. The van der Waals surface area contributed by atoms with Crippen molar-refractivity contribution in [2.24, 2.45) is 11.3 Å². The van der Waals surface area contributed by atoms with Crippen LogP contribution in [0, 0.1) is 11.3 Å². The second-order valence-corrected chi connectivity index (χ2v) is 17.7. The number of carbonyl (C=O) groups excluding carboxylic acids is 3. The second kappa shape index (κ2) is 19.1. The number of aromatic nitrogens is 4. The first-order chi connectivity index (χ1) is 25.0. The standard InChI is InChI=1S/C25H42N7O18P3S/c1-13(8-33)24(38)54-7-6-27-15(34)4-5-28-22(37)19(36)25(2,3)10-47-53(44,45)50-52(42,43)46-9-14-18(49-51(39,40)41)17(35)23(48-14)32-12-31-16-20(26)29-11-30-21(16)32/h11-14,17-19,23,33,35-36H,4-10H2,1-3H3,(H,27,34)(H,28,37)(H,42,43)(H,44,45)(H2,26,29,30)(H2,39,40,41). The Morgan fingerprint density at radius 2 is 1.74 bits per heavy atom. The van der Waals surface area contributed by atoms with Crippen LogP contribution in [0.25, 0.3) is 11.2 Å². The Morgan fingerprint density at radius 3 is 2.39 bits per heavy atom. The molecule has 1 fully saturated rings.